The molecule has 4 nitrogen and oxygen atoms in total. The first-order valence-corrected chi connectivity index (χ1v) is 12.2. The molecule has 0 saturated carbocycles. The van der Waals surface area contributed by atoms with Crippen LogP contribution in [0.3, 0.4) is 0 Å². The molecule has 1 fully saturated rings. The molecule has 7 heteroatoms. The van der Waals surface area contributed by atoms with Gasteiger partial charge in [0.25, 0.3) is 11.1 Å². The van der Waals surface area contributed by atoms with E-state index in [2.05, 4.69) is 39.1 Å². The van der Waals surface area contributed by atoms with Crippen molar-refractivity contribution in [2.75, 3.05) is 6.61 Å². The second-order valence-electron chi connectivity index (χ2n) is 10.2. The highest BCUT2D eigenvalue weighted by molar-refractivity contribution is 8.18. The van der Waals surface area contributed by atoms with Crippen molar-refractivity contribution in [2.45, 2.75) is 65.2 Å². The van der Waals surface area contributed by atoms with E-state index in [1.807, 2.05) is 13.0 Å². The number of amides is 2. The number of ether oxygens (including phenoxy) is 1. The Morgan fingerprint density at radius 3 is 2.24 bits per heavy atom. The van der Waals surface area contributed by atoms with E-state index in [1.165, 1.54) is 11.6 Å². The van der Waals surface area contributed by atoms with Crippen LogP contribution in [0, 0.1) is 18.6 Å². The SMILES string of the molecule is CCOc1c(F)cc(/C=C2\SC(=O)NC2=O)c(F)c1-c1cc2c(cc1C)C(C)(C)CCC2(C)C. The van der Waals surface area contributed by atoms with Crippen LogP contribution < -0.4 is 10.1 Å². The van der Waals surface area contributed by atoms with Crippen LogP contribution in [0.25, 0.3) is 17.2 Å². The minimum Gasteiger partial charge on any atom is -0.490 e. The molecule has 1 N–H and O–H groups in total. The second kappa shape index (κ2) is 8.52. The minimum absolute atomic E-state index is 0.0171. The van der Waals surface area contributed by atoms with E-state index >= 15 is 8.78 Å². The van der Waals surface area contributed by atoms with Crippen LogP contribution in [0.5, 0.6) is 5.75 Å². The summed E-state index contributed by atoms with van der Waals surface area (Å²) in [5, 5.41) is 1.59. The van der Waals surface area contributed by atoms with Crippen molar-refractivity contribution < 1.29 is 23.1 Å². The number of hydrogen-bond acceptors (Lipinski definition) is 4. The fourth-order valence-corrected chi connectivity index (χ4v) is 5.49. The van der Waals surface area contributed by atoms with Crippen molar-refractivity contribution in [3.8, 4) is 16.9 Å². The van der Waals surface area contributed by atoms with E-state index in [0.717, 1.165) is 30.0 Å². The Morgan fingerprint density at radius 1 is 1.06 bits per heavy atom. The molecule has 0 aromatic heterocycles. The van der Waals surface area contributed by atoms with Crippen molar-refractivity contribution in [1.82, 2.24) is 5.32 Å². The fourth-order valence-electron chi connectivity index (χ4n) is 4.81. The van der Waals surface area contributed by atoms with E-state index in [1.54, 1.807) is 6.92 Å². The number of fused-ring (bicyclic) bond motifs is 1. The van der Waals surface area contributed by atoms with Gasteiger partial charge in [-0.1, -0.05) is 33.8 Å². The predicted octanol–water partition coefficient (Wildman–Crippen LogP) is 7.01. The maximum Gasteiger partial charge on any atom is 0.290 e. The average Bonchev–Trinajstić information content (AvgIpc) is 3.06. The number of halogens is 2. The largest absolute Gasteiger partial charge is 0.490 e. The molecule has 1 aliphatic carbocycles. The van der Waals surface area contributed by atoms with Crippen LogP contribution in [0.15, 0.2) is 23.1 Å². The lowest BCUT2D eigenvalue weighted by molar-refractivity contribution is -0.115. The minimum atomic E-state index is -0.725. The Labute approximate surface area is 203 Å². The Kier molecular flexibility index (Phi) is 6.13. The molecule has 180 valence electrons. The molecular weight excluding hydrogens is 456 g/mol. The van der Waals surface area contributed by atoms with Gasteiger partial charge in [0, 0.05) is 5.56 Å². The molecule has 1 saturated heterocycles. The summed E-state index contributed by atoms with van der Waals surface area (Å²) in [7, 11) is 0. The number of carbonyl (C=O) groups is 2. The molecule has 0 unspecified atom stereocenters. The molecule has 0 atom stereocenters. The summed E-state index contributed by atoms with van der Waals surface area (Å²) < 4.78 is 36.9. The maximum absolute atomic E-state index is 16.0. The second-order valence-corrected chi connectivity index (χ2v) is 11.2. The third-order valence-corrected chi connectivity index (χ3v) is 7.69. The van der Waals surface area contributed by atoms with Gasteiger partial charge in [0.1, 0.15) is 5.82 Å². The van der Waals surface area contributed by atoms with Crippen molar-refractivity contribution in [1.29, 1.82) is 0 Å². The van der Waals surface area contributed by atoms with Gasteiger partial charge in [0.15, 0.2) is 11.6 Å². The molecule has 2 amide bonds. The number of nitrogens with one attached hydrogen (secondary N) is 1. The first-order valence-electron chi connectivity index (χ1n) is 11.4. The number of thioether (sulfide) groups is 1. The number of hydrogen-bond donors (Lipinski definition) is 1. The number of aryl methyl sites for hydroxylation is 1. The molecule has 1 aliphatic heterocycles. The molecule has 0 bridgehead atoms. The summed E-state index contributed by atoms with van der Waals surface area (Å²) in [6.07, 6.45) is 3.24. The Hall–Kier alpha value is -2.67. The van der Waals surface area contributed by atoms with Gasteiger partial charge in [0.2, 0.25) is 0 Å². The zero-order valence-corrected chi connectivity index (χ0v) is 21.1. The predicted molar refractivity (Wildman–Crippen MR) is 132 cm³/mol. The van der Waals surface area contributed by atoms with Gasteiger partial charge >= 0.3 is 0 Å². The number of rotatable bonds is 4. The molecule has 34 heavy (non-hydrogen) atoms. The van der Waals surface area contributed by atoms with Crippen LogP contribution in [0.1, 0.15) is 69.7 Å². The molecule has 2 aromatic rings. The number of benzene rings is 2. The fraction of sp³-hybridized carbons (Fsp3) is 0.407. The number of carbonyl (C=O) groups excluding carboxylic acids is 2. The Balaban J connectivity index is 1.99. The Morgan fingerprint density at radius 2 is 1.68 bits per heavy atom. The lowest BCUT2D eigenvalue weighted by atomic mass is 9.62. The topological polar surface area (TPSA) is 55.4 Å². The monoisotopic (exact) mass is 485 g/mol. The standard InChI is InChI=1S/C27H29F2NO3S/c1-7-33-23-19(28)11-15(12-20-24(31)30-25(32)34-20)22(29)21(23)16-13-18-17(10-14(16)2)26(3,4)8-9-27(18,5)6/h10-13H,7-9H2,1-6H3,(H,30,31,32)/b20-12-. The van der Waals surface area contributed by atoms with Crippen LogP contribution in [-0.4, -0.2) is 17.8 Å². The van der Waals surface area contributed by atoms with Gasteiger partial charge in [-0.2, -0.15) is 0 Å². The van der Waals surface area contributed by atoms with Gasteiger partial charge in [-0.25, -0.2) is 8.78 Å². The summed E-state index contributed by atoms with van der Waals surface area (Å²) in [5.41, 5.74) is 3.49. The quantitative estimate of drug-likeness (QED) is 0.473. The van der Waals surface area contributed by atoms with Gasteiger partial charge in [-0.3, -0.25) is 14.9 Å². The van der Waals surface area contributed by atoms with E-state index < -0.39 is 22.8 Å². The van der Waals surface area contributed by atoms with Gasteiger partial charge in [-0.05, 0) is 89.7 Å². The molecular formula is C27H29F2NO3S. The highest BCUT2D eigenvalue weighted by atomic mass is 32.2. The first-order chi connectivity index (χ1) is 15.9. The van der Waals surface area contributed by atoms with Crippen molar-refractivity contribution in [2.24, 2.45) is 0 Å². The molecule has 1 heterocycles. The zero-order valence-electron chi connectivity index (χ0n) is 20.3. The molecule has 0 radical (unpaired) electrons. The van der Waals surface area contributed by atoms with Crippen LogP contribution in [0.4, 0.5) is 13.6 Å². The van der Waals surface area contributed by atoms with E-state index in [0.29, 0.717) is 17.3 Å². The van der Waals surface area contributed by atoms with Crippen molar-refractivity contribution in [3.63, 3.8) is 0 Å². The van der Waals surface area contributed by atoms with E-state index in [9.17, 15) is 9.59 Å². The Bertz CT molecular complexity index is 1250. The lowest BCUT2D eigenvalue weighted by Crippen LogP contribution is -2.34. The molecule has 4 rings (SSSR count). The molecule has 2 aromatic carbocycles. The van der Waals surface area contributed by atoms with Gasteiger partial charge in [-0.15, -0.1) is 0 Å². The normalized spacial score (nSPS) is 19.8. The first kappa shape index (κ1) is 24.5. The summed E-state index contributed by atoms with van der Waals surface area (Å²) in [4.78, 5) is 23.5. The van der Waals surface area contributed by atoms with Crippen molar-refractivity contribution >= 4 is 29.0 Å². The van der Waals surface area contributed by atoms with Crippen LogP contribution >= 0.6 is 11.8 Å². The highest BCUT2D eigenvalue weighted by Crippen LogP contribution is 2.49. The third-order valence-electron chi connectivity index (χ3n) is 6.88. The average molecular weight is 486 g/mol. The van der Waals surface area contributed by atoms with Crippen molar-refractivity contribution in [3.05, 3.63) is 57.0 Å². The van der Waals surface area contributed by atoms with E-state index in [4.69, 9.17) is 4.74 Å². The van der Waals surface area contributed by atoms with E-state index in [-0.39, 0.29) is 39.2 Å². The van der Waals surface area contributed by atoms with Gasteiger partial charge in [0.05, 0.1) is 17.1 Å². The van der Waals surface area contributed by atoms with Crippen LogP contribution in [-0.2, 0) is 15.6 Å². The van der Waals surface area contributed by atoms with Crippen LogP contribution in [0.2, 0.25) is 0 Å². The highest BCUT2D eigenvalue weighted by Gasteiger charge is 2.38. The summed E-state index contributed by atoms with van der Waals surface area (Å²) in [6, 6.07) is 5.07. The summed E-state index contributed by atoms with van der Waals surface area (Å²) in [5.74, 6) is -2.20. The molecule has 2 aliphatic rings. The summed E-state index contributed by atoms with van der Waals surface area (Å²) in [6.45, 7) is 12.6. The van der Waals surface area contributed by atoms with Gasteiger partial charge < -0.3 is 4.74 Å². The maximum atomic E-state index is 16.0. The smallest absolute Gasteiger partial charge is 0.290 e. The third kappa shape index (κ3) is 4.15. The molecule has 0 spiro atoms. The summed E-state index contributed by atoms with van der Waals surface area (Å²) >= 11 is 0.662. The zero-order chi connectivity index (χ0) is 25.0. The lowest BCUT2D eigenvalue weighted by Gasteiger charge is -2.42. The number of imide groups is 1.